The number of nitrogens with zero attached hydrogens (tertiary/aromatic N) is 1. The van der Waals surface area contributed by atoms with E-state index in [-0.39, 0.29) is 27.3 Å². The highest BCUT2D eigenvalue weighted by atomic mass is 35.5. The van der Waals surface area contributed by atoms with E-state index in [1.807, 2.05) is 26.8 Å². The van der Waals surface area contributed by atoms with E-state index < -0.39 is 15.9 Å². The van der Waals surface area contributed by atoms with Gasteiger partial charge in [-0.2, -0.15) is 0 Å². The minimum Gasteiger partial charge on any atom is -0.396 e. The molecule has 2 heterocycles. The maximum absolute atomic E-state index is 13.0. The van der Waals surface area contributed by atoms with Crippen molar-refractivity contribution in [2.75, 3.05) is 16.6 Å². The van der Waals surface area contributed by atoms with Crippen LogP contribution in [0.1, 0.15) is 37.6 Å². The Kier molecular flexibility index (Phi) is 6.75. The lowest BCUT2D eigenvalue weighted by atomic mass is 9.95. The second-order valence-corrected chi connectivity index (χ2v) is 9.99. The third-order valence-electron chi connectivity index (χ3n) is 4.87. The number of thiophene rings is 1. The molecule has 0 atom stereocenters. The fourth-order valence-electron chi connectivity index (χ4n) is 3.36. The van der Waals surface area contributed by atoms with Gasteiger partial charge in [-0.25, -0.2) is 13.1 Å². The van der Waals surface area contributed by atoms with Gasteiger partial charge in [0.25, 0.3) is 21.8 Å². The average molecular weight is 484 g/mol. The molecule has 2 aromatic heterocycles. The van der Waals surface area contributed by atoms with Gasteiger partial charge < -0.3 is 14.9 Å². The molecule has 8 nitrogen and oxygen atoms in total. The molecule has 0 fully saturated rings. The van der Waals surface area contributed by atoms with Crippen molar-refractivity contribution in [2.45, 2.75) is 39.0 Å². The molecule has 31 heavy (non-hydrogen) atoms. The first-order valence-corrected chi connectivity index (χ1v) is 12.0. The zero-order valence-corrected chi connectivity index (χ0v) is 19.8. The van der Waals surface area contributed by atoms with Crippen LogP contribution >= 0.6 is 22.9 Å². The molecule has 1 amide bonds. The van der Waals surface area contributed by atoms with E-state index in [9.17, 15) is 18.3 Å². The molecule has 0 unspecified atom stereocenters. The number of hydrogen-bond acceptors (Lipinski definition) is 7. The van der Waals surface area contributed by atoms with Crippen LogP contribution in [0.4, 0.5) is 11.6 Å². The van der Waals surface area contributed by atoms with Gasteiger partial charge >= 0.3 is 0 Å². The summed E-state index contributed by atoms with van der Waals surface area (Å²) in [5.41, 5.74) is 4.57. The molecule has 166 valence electrons. The Balaban J connectivity index is 1.93. The van der Waals surface area contributed by atoms with Crippen molar-refractivity contribution in [3.8, 4) is 0 Å². The Hall–Kier alpha value is -2.40. The molecule has 0 radical (unpaired) electrons. The van der Waals surface area contributed by atoms with Gasteiger partial charge in [-0.05, 0) is 67.8 Å². The molecule has 0 spiro atoms. The summed E-state index contributed by atoms with van der Waals surface area (Å²) >= 11 is 7.00. The van der Waals surface area contributed by atoms with Gasteiger partial charge in [-0.3, -0.25) is 4.79 Å². The quantitative estimate of drug-likeness (QED) is 0.462. The van der Waals surface area contributed by atoms with E-state index in [1.165, 1.54) is 11.4 Å². The number of rotatable bonds is 7. The average Bonchev–Trinajstić information content (AvgIpc) is 3.31. The van der Waals surface area contributed by atoms with Gasteiger partial charge in [0.1, 0.15) is 20.5 Å². The highest BCUT2D eigenvalue weighted by Gasteiger charge is 2.27. The van der Waals surface area contributed by atoms with Gasteiger partial charge in [0.15, 0.2) is 0 Å². The van der Waals surface area contributed by atoms with Gasteiger partial charge in [0.05, 0.1) is 0 Å². The number of nitrogens with one attached hydrogen (secondary N) is 2. The van der Waals surface area contributed by atoms with Gasteiger partial charge in [0.2, 0.25) is 0 Å². The van der Waals surface area contributed by atoms with E-state index in [0.29, 0.717) is 17.8 Å². The minimum absolute atomic E-state index is 0.0131. The number of hydrogen-bond donors (Lipinski definition) is 3. The first kappa shape index (κ1) is 23.3. The summed E-state index contributed by atoms with van der Waals surface area (Å²) in [4.78, 5) is 12.8. The summed E-state index contributed by atoms with van der Waals surface area (Å²) in [5.74, 6) is -0.768. The second-order valence-electron chi connectivity index (χ2n) is 7.05. The zero-order chi connectivity index (χ0) is 22.9. The van der Waals surface area contributed by atoms with Crippen LogP contribution in [-0.2, 0) is 16.4 Å². The monoisotopic (exact) mass is 483 g/mol. The number of aliphatic hydroxyl groups excluding tert-OH is 1. The number of sulfonamides is 1. The molecule has 0 aliphatic heterocycles. The number of carbonyl (C=O) groups is 1. The third kappa shape index (κ3) is 4.62. The van der Waals surface area contributed by atoms with Crippen molar-refractivity contribution in [1.82, 2.24) is 5.16 Å². The minimum atomic E-state index is -4.14. The summed E-state index contributed by atoms with van der Waals surface area (Å²) in [6, 6.07) is 3.26. The molecule has 3 rings (SSSR count). The van der Waals surface area contributed by atoms with E-state index in [0.717, 1.165) is 33.6 Å². The predicted octanol–water partition coefficient (Wildman–Crippen LogP) is 4.21. The Morgan fingerprint density at radius 1 is 1.26 bits per heavy atom. The fraction of sp³-hybridized carbons (Fsp3) is 0.300. The van der Waals surface area contributed by atoms with Crippen LogP contribution in [0.3, 0.4) is 0 Å². The molecular weight excluding hydrogens is 462 g/mol. The number of benzene rings is 1. The summed E-state index contributed by atoms with van der Waals surface area (Å²) in [6.45, 7) is 7.23. The Labute approximate surface area is 189 Å². The van der Waals surface area contributed by atoms with Gasteiger partial charge in [-0.15, -0.1) is 11.3 Å². The van der Waals surface area contributed by atoms with Crippen LogP contribution in [0, 0.1) is 27.7 Å². The number of halogens is 1. The SMILES string of the molecule is Cc1cc(C)c(NC(=O)c2sccc2S(=O)(=O)Nc2onc(C)c2Cl)c(C)c1CCO. The second kappa shape index (κ2) is 8.99. The van der Waals surface area contributed by atoms with Crippen LogP contribution in [-0.4, -0.2) is 31.2 Å². The number of aromatic nitrogens is 1. The van der Waals surface area contributed by atoms with E-state index in [2.05, 4.69) is 15.2 Å². The highest BCUT2D eigenvalue weighted by Crippen LogP contribution is 2.32. The maximum Gasteiger partial charge on any atom is 0.267 e. The normalized spacial score (nSPS) is 11.5. The Morgan fingerprint density at radius 2 is 1.97 bits per heavy atom. The van der Waals surface area contributed by atoms with E-state index >= 15 is 0 Å². The lowest BCUT2D eigenvalue weighted by Crippen LogP contribution is -2.19. The first-order chi connectivity index (χ1) is 14.6. The van der Waals surface area contributed by atoms with Crippen molar-refractivity contribution in [3.63, 3.8) is 0 Å². The lowest BCUT2D eigenvalue weighted by Gasteiger charge is -2.18. The van der Waals surface area contributed by atoms with Crippen LogP contribution in [0.5, 0.6) is 0 Å². The highest BCUT2D eigenvalue weighted by molar-refractivity contribution is 7.93. The van der Waals surface area contributed by atoms with Crippen LogP contribution in [0.15, 0.2) is 26.9 Å². The molecule has 3 N–H and O–H groups in total. The number of carbonyl (C=O) groups excluding carboxylic acids is 1. The number of anilines is 2. The first-order valence-electron chi connectivity index (χ1n) is 9.30. The van der Waals surface area contributed by atoms with E-state index in [4.69, 9.17) is 16.1 Å². The van der Waals surface area contributed by atoms with Crippen molar-refractivity contribution >= 4 is 50.4 Å². The third-order valence-corrected chi connectivity index (χ3v) is 7.74. The fourth-order valence-corrected chi connectivity index (χ4v) is 5.85. The van der Waals surface area contributed by atoms with Crippen molar-refractivity contribution < 1.29 is 22.8 Å². The number of aliphatic hydroxyl groups is 1. The van der Waals surface area contributed by atoms with Crippen LogP contribution in [0.25, 0.3) is 0 Å². The lowest BCUT2D eigenvalue weighted by molar-refractivity contribution is 0.102. The molecule has 11 heteroatoms. The van der Waals surface area contributed by atoms with Gasteiger partial charge in [-0.1, -0.05) is 22.8 Å². The largest absolute Gasteiger partial charge is 0.396 e. The van der Waals surface area contributed by atoms with E-state index in [1.54, 1.807) is 6.92 Å². The molecule has 0 aliphatic rings. The molecule has 3 aromatic rings. The molecule has 0 saturated heterocycles. The number of amides is 1. The van der Waals surface area contributed by atoms with Crippen LogP contribution in [0.2, 0.25) is 5.02 Å². The Bertz CT molecular complexity index is 1250. The van der Waals surface area contributed by atoms with Crippen molar-refractivity contribution in [2.24, 2.45) is 0 Å². The van der Waals surface area contributed by atoms with Crippen molar-refractivity contribution in [1.29, 1.82) is 0 Å². The summed E-state index contributed by atoms with van der Waals surface area (Å²) in [7, 11) is -4.14. The predicted molar refractivity (Wildman–Crippen MR) is 121 cm³/mol. The topological polar surface area (TPSA) is 122 Å². The molecule has 0 aliphatic carbocycles. The van der Waals surface area contributed by atoms with Crippen LogP contribution < -0.4 is 10.0 Å². The van der Waals surface area contributed by atoms with Crippen molar-refractivity contribution in [3.05, 3.63) is 55.4 Å². The summed E-state index contributed by atoms with van der Waals surface area (Å²) < 4.78 is 32.9. The van der Waals surface area contributed by atoms with Gasteiger partial charge in [0, 0.05) is 12.3 Å². The molecule has 0 bridgehead atoms. The summed E-state index contributed by atoms with van der Waals surface area (Å²) in [6.07, 6.45) is 0.459. The Morgan fingerprint density at radius 3 is 2.58 bits per heavy atom. The number of aryl methyl sites for hydroxylation is 3. The summed E-state index contributed by atoms with van der Waals surface area (Å²) in [5, 5.41) is 17.4. The standard InChI is InChI=1S/C20H22ClN3O5S2/c1-10-9-11(2)17(12(3)14(10)5-7-25)22-19(26)18-15(6-8-30-18)31(27,28)24-20-16(21)13(4)23-29-20/h6,8-9,24-25H,5,7H2,1-4H3,(H,22,26). The smallest absolute Gasteiger partial charge is 0.267 e. The molecular formula is C20H22ClN3O5S2. The maximum atomic E-state index is 13.0. The molecule has 1 aromatic carbocycles. The zero-order valence-electron chi connectivity index (χ0n) is 17.4. The molecule has 0 saturated carbocycles.